The van der Waals surface area contributed by atoms with E-state index in [-0.39, 0.29) is 0 Å². The van der Waals surface area contributed by atoms with Crippen LogP contribution in [0.15, 0.2) is 200 Å². The molecule has 0 fully saturated rings. The summed E-state index contributed by atoms with van der Waals surface area (Å²) in [6.45, 7) is 0. The van der Waals surface area contributed by atoms with Gasteiger partial charge in [0.1, 0.15) is 5.69 Å². The third-order valence-electron chi connectivity index (χ3n) is 11.5. The molecule has 0 bridgehead atoms. The van der Waals surface area contributed by atoms with E-state index in [0.29, 0.717) is 23.2 Å². The van der Waals surface area contributed by atoms with Crippen molar-refractivity contribution >= 4 is 54.4 Å². The fourth-order valence-electron chi connectivity index (χ4n) is 8.25. The topological polar surface area (TPSA) is 90.2 Å². The lowest BCUT2D eigenvalue weighted by atomic mass is 9.99. The Bertz CT molecular complexity index is 3640. The Morgan fingerprint density at radius 1 is 0.242 bits per heavy atom. The van der Waals surface area contributed by atoms with Crippen LogP contribution in [0.25, 0.3) is 122 Å². The normalized spacial score (nSPS) is 11.5. The largest absolute Gasteiger partial charge is 0.254 e. The third-order valence-corrected chi connectivity index (χ3v) is 11.5. The molecule has 288 valence electrons. The van der Waals surface area contributed by atoms with E-state index in [2.05, 4.69) is 126 Å². The molecule has 0 aliphatic rings. The van der Waals surface area contributed by atoms with Crippen LogP contribution in [0.2, 0.25) is 0 Å². The zero-order chi connectivity index (χ0) is 41.0. The van der Waals surface area contributed by atoms with E-state index >= 15 is 0 Å². The highest BCUT2D eigenvalue weighted by Crippen LogP contribution is 2.33. The van der Waals surface area contributed by atoms with Crippen LogP contribution in [0, 0.1) is 0 Å². The highest BCUT2D eigenvalue weighted by molar-refractivity contribution is 6.03. The summed E-state index contributed by atoms with van der Waals surface area (Å²) < 4.78 is 0. The van der Waals surface area contributed by atoms with Crippen molar-refractivity contribution in [2.45, 2.75) is 0 Å². The van der Waals surface area contributed by atoms with Crippen molar-refractivity contribution in [2.75, 3.05) is 0 Å². The summed E-state index contributed by atoms with van der Waals surface area (Å²) in [6.07, 6.45) is 1.83. The van der Waals surface area contributed by atoms with Gasteiger partial charge in [0.25, 0.3) is 0 Å². The molecule has 7 aromatic carbocycles. The maximum Gasteiger partial charge on any atom is 0.182 e. The summed E-state index contributed by atoms with van der Waals surface area (Å²) in [7, 11) is 0. The fraction of sp³-hybridized carbons (Fsp3) is 0. The highest BCUT2D eigenvalue weighted by Gasteiger charge is 2.15. The van der Waals surface area contributed by atoms with Crippen molar-refractivity contribution in [2.24, 2.45) is 0 Å². The lowest BCUT2D eigenvalue weighted by Crippen LogP contribution is -2.01. The van der Waals surface area contributed by atoms with Crippen LogP contribution in [0.1, 0.15) is 0 Å². The number of fused-ring (bicyclic) bond motifs is 6. The fourth-order valence-corrected chi connectivity index (χ4v) is 8.25. The molecule has 0 saturated carbocycles. The third kappa shape index (κ3) is 6.45. The Labute approximate surface area is 356 Å². The number of aromatic nitrogens is 7. The van der Waals surface area contributed by atoms with Crippen molar-refractivity contribution < 1.29 is 0 Å². The minimum atomic E-state index is 0.523. The number of rotatable bonds is 6. The van der Waals surface area contributed by atoms with Crippen LogP contribution in [-0.4, -0.2) is 34.9 Å². The van der Waals surface area contributed by atoms with Crippen LogP contribution in [0.5, 0.6) is 0 Å². The molecule has 0 spiro atoms. The van der Waals surface area contributed by atoms with Gasteiger partial charge in [0.2, 0.25) is 0 Å². The van der Waals surface area contributed by atoms with Crippen LogP contribution in [-0.2, 0) is 0 Å². The van der Waals surface area contributed by atoms with Crippen molar-refractivity contribution in [3.05, 3.63) is 200 Å². The molecule has 12 rings (SSSR count). The number of benzene rings is 7. The number of pyridine rings is 4. The van der Waals surface area contributed by atoms with Gasteiger partial charge in [0.15, 0.2) is 17.5 Å². The predicted molar refractivity (Wildman–Crippen MR) is 251 cm³/mol. The number of hydrogen-bond donors (Lipinski definition) is 0. The van der Waals surface area contributed by atoms with Crippen LogP contribution >= 0.6 is 0 Å². The maximum atomic E-state index is 5.19. The first-order valence-corrected chi connectivity index (χ1v) is 20.5. The lowest BCUT2D eigenvalue weighted by Gasteiger charge is -2.10. The summed E-state index contributed by atoms with van der Waals surface area (Å²) >= 11 is 0. The molecule has 5 aromatic heterocycles. The second-order valence-corrected chi connectivity index (χ2v) is 15.4. The van der Waals surface area contributed by atoms with Crippen molar-refractivity contribution in [1.29, 1.82) is 0 Å². The van der Waals surface area contributed by atoms with Gasteiger partial charge in [-0.05, 0) is 70.4 Å². The predicted octanol–water partition coefficient (Wildman–Crippen LogP) is 13.2. The minimum Gasteiger partial charge on any atom is -0.254 e. The molecule has 0 amide bonds. The highest BCUT2D eigenvalue weighted by atomic mass is 15.0. The molecule has 0 radical (unpaired) electrons. The van der Waals surface area contributed by atoms with Crippen molar-refractivity contribution in [1.82, 2.24) is 34.9 Å². The van der Waals surface area contributed by atoms with E-state index in [9.17, 15) is 0 Å². The first kappa shape index (κ1) is 35.4. The molecule has 5 heterocycles. The van der Waals surface area contributed by atoms with Gasteiger partial charge in [-0.1, -0.05) is 146 Å². The molecule has 7 heteroatoms. The minimum absolute atomic E-state index is 0.523. The first-order chi connectivity index (χ1) is 30.6. The quantitative estimate of drug-likeness (QED) is 0.155. The van der Waals surface area contributed by atoms with E-state index < -0.39 is 0 Å². The van der Waals surface area contributed by atoms with Crippen LogP contribution in [0.3, 0.4) is 0 Å². The summed E-state index contributed by atoms with van der Waals surface area (Å²) in [4.78, 5) is 34.7. The van der Waals surface area contributed by atoms with Gasteiger partial charge in [0, 0.05) is 50.0 Å². The van der Waals surface area contributed by atoms with E-state index in [0.717, 1.165) is 99.2 Å². The van der Waals surface area contributed by atoms with E-state index in [1.165, 1.54) is 0 Å². The second-order valence-electron chi connectivity index (χ2n) is 15.4. The standard InChI is InChI=1S/C55H33N7/c1-3-8-38(9-4-1)53-60-54(39-10-5-2-6-11-39)62-55(61-53)48-28-24-35-14-18-43(33-50(35)58-48)42-17-13-34-23-26-46(57-49(34)32-42)44-21-19-41-31-45(22-20-40(41)30-44)47-27-25-37-16-15-36-12-7-29-56-51(36)52(37)59-47/h1-33H. The average molecular weight is 792 g/mol. The molecular formula is C55H33N7. The summed E-state index contributed by atoms with van der Waals surface area (Å²) in [6, 6.07) is 66.7. The first-order valence-electron chi connectivity index (χ1n) is 20.5. The lowest BCUT2D eigenvalue weighted by molar-refractivity contribution is 1.06. The van der Waals surface area contributed by atoms with Gasteiger partial charge in [-0.2, -0.15) is 0 Å². The average Bonchev–Trinajstić information content (AvgIpc) is 3.35. The summed E-state index contributed by atoms with van der Waals surface area (Å²) in [5.41, 5.74) is 12.2. The molecule has 0 unspecified atom stereocenters. The van der Waals surface area contributed by atoms with Crippen molar-refractivity contribution in [3.8, 4) is 67.9 Å². The second kappa shape index (κ2) is 14.6. The molecule has 0 saturated heterocycles. The SMILES string of the molecule is c1ccc(-c2nc(-c3ccccc3)nc(-c3ccc4ccc(-c5ccc6ccc(-c7ccc8cc(-c9ccc%10ccc%11cccnc%11c%10n9)ccc8c7)nc6c5)cc4n3)n2)cc1. The molecule has 0 aliphatic heterocycles. The van der Waals surface area contributed by atoms with Gasteiger partial charge in [-0.3, -0.25) is 4.98 Å². The number of nitrogens with zero attached hydrogens (tertiary/aromatic N) is 7. The molecular weight excluding hydrogens is 759 g/mol. The Morgan fingerprint density at radius 3 is 1.31 bits per heavy atom. The molecule has 0 aliphatic carbocycles. The van der Waals surface area contributed by atoms with E-state index in [1.54, 1.807) is 0 Å². The Hall–Kier alpha value is -8.55. The monoisotopic (exact) mass is 791 g/mol. The molecule has 7 nitrogen and oxygen atoms in total. The summed E-state index contributed by atoms with van der Waals surface area (Å²) in [5.74, 6) is 1.73. The van der Waals surface area contributed by atoms with Gasteiger partial charge >= 0.3 is 0 Å². The van der Waals surface area contributed by atoms with Gasteiger partial charge in [-0.15, -0.1) is 0 Å². The smallest absolute Gasteiger partial charge is 0.182 e. The molecule has 0 N–H and O–H groups in total. The Kier molecular flexibility index (Phi) is 8.35. The van der Waals surface area contributed by atoms with Crippen LogP contribution < -0.4 is 0 Å². The van der Waals surface area contributed by atoms with Gasteiger partial charge in [0.05, 0.1) is 33.5 Å². The van der Waals surface area contributed by atoms with Gasteiger partial charge < -0.3 is 0 Å². The zero-order valence-electron chi connectivity index (χ0n) is 33.2. The van der Waals surface area contributed by atoms with E-state index in [1.807, 2.05) is 79.0 Å². The maximum absolute atomic E-state index is 5.19. The zero-order valence-corrected chi connectivity index (χ0v) is 33.2. The van der Waals surface area contributed by atoms with Crippen molar-refractivity contribution in [3.63, 3.8) is 0 Å². The Balaban J connectivity index is 0.862. The molecule has 0 atom stereocenters. The Morgan fingerprint density at radius 2 is 0.694 bits per heavy atom. The number of hydrogen-bond acceptors (Lipinski definition) is 7. The van der Waals surface area contributed by atoms with E-state index in [4.69, 9.17) is 29.9 Å². The summed E-state index contributed by atoms with van der Waals surface area (Å²) in [5, 5.41) is 6.56. The van der Waals surface area contributed by atoms with Crippen LogP contribution in [0.4, 0.5) is 0 Å². The molecule has 62 heavy (non-hydrogen) atoms. The molecule has 12 aromatic rings. The van der Waals surface area contributed by atoms with Gasteiger partial charge in [-0.25, -0.2) is 29.9 Å².